The van der Waals surface area contributed by atoms with Crippen molar-refractivity contribution in [3.05, 3.63) is 41.7 Å². The molecule has 0 saturated heterocycles. The average molecular weight is 290 g/mol. The van der Waals surface area contributed by atoms with E-state index in [1.807, 2.05) is 44.2 Å². The molecular formula is C14H18N4OS. The number of amides is 1. The van der Waals surface area contributed by atoms with Gasteiger partial charge in [0.1, 0.15) is 5.82 Å². The van der Waals surface area contributed by atoms with Crippen LogP contribution in [-0.2, 0) is 11.3 Å². The lowest BCUT2D eigenvalue weighted by molar-refractivity contribution is -0.119. The van der Waals surface area contributed by atoms with Gasteiger partial charge in [0.15, 0.2) is 0 Å². The van der Waals surface area contributed by atoms with Gasteiger partial charge in [-0.3, -0.25) is 4.79 Å². The fraction of sp³-hybridized carbons (Fsp3) is 0.357. The number of anilines is 1. The van der Waals surface area contributed by atoms with E-state index in [0.717, 1.165) is 11.4 Å². The van der Waals surface area contributed by atoms with Gasteiger partial charge in [-0.05, 0) is 5.56 Å². The number of benzene rings is 1. The lowest BCUT2D eigenvalue weighted by atomic mass is 10.2. The number of nitrogens with one attached hydrogen (secondary N) is 2. The lowest BCUT2D eigenvalue weighted by Gasteiger charge is -2.05. The molecule has 106 valence electrons. The number of carbonyl (C=O) groups excluding carboxylic acids is 1. The van der Waals surface area contributed by atoms with Crippen molar-refractivity contribution < 1.29 is 4.79 Å². The van der Waals surface area contributed by atoms with Gasteiger partial charge in [-0.1, -0.05) is 44.2 Å². The molecule has 0 bridgehead atoms. The minimum atomic E-state index is -0.0600. The largest absolute Gasteiger partial charge is 0.351 e. The molecule has 2 rings (SSSR count). The van der Waals surface area contributed by atoms with Crippen LogP contribution in [-0.4, -0.2) is 21.8 Å². The molecule has 5 nitrogen and oxygen atoms in total. The maximum atomic E-state index is 11.7. The summed E-state index contributed by atoms with van der Waals surface area (Å²) in [7, 11) is 0. The van der Waals surface area contributed by atoms with Crippen LogP contribution in [0.2, 0.25) is 0 Å². The van der Waals surface area contributed by atoms with Gasteiger partial charge in [0, 0.05) is 24.0 Å². The van der Waals surface area contributed by atoms with Crippen LogP contribution < -0.4 is 10.6 Å². The second kappa shape index (κ2) is 7.00. The first-order valence-electron chi connectivity index (χ1n) is 6.53. The van der Waals surface area contributed by atoms with E-state index in [1.54, 1.807) is 0 Å². The minimum absolute atomic E-state index is 0.0600. The van der Waals surface area contributed by atoms with E-state index in [9.17, 15) is 4.79 Å². The summed E-state index contributed by atoms with van der Waals surface area (Å²) in [6.07, 6.45) is 0. The third kappa shape index (κ3) is 4.31. The average Bonchev–Trinajstić information content (AvgIpc) is 2.93. The van der Waals surface area contributed by atoms with Crippen LogP contribution in [0.1, 0.15) is 31.2 Å². The van der Waals surface area contributed by atoms with Crippen LogP contribution in [0.15, 0.2) is 30.3 Å². The van der Waals surface area contributed by atoms with Crippen molar-refractivity contribution in [3.63, 3.8) is 0 Å². The highest BCUT2D eigenvalue weighted by molar-refractivity contribution is 7.09. The molecule has 0 spiro atoms. The van der Waals surface area contributed by atoms with E-state index in [0.29, 0.717) is 17.6 Å². The van der Waals surface area contributed by atoms with Crippen molar-refractivity contribution in [1.82, 2.24) is 14.7 Å². The quantitative estimate of drug-likeness (QED) is 0.857. The molecule has 0 radical (unpaired) electrons. The molecule has 0 saturated carbocycles. The second-order valence-electron chi connectivity index (χ2n) is 4.73. The van der Waals surface area contributed by atoms with Crippen LogP contribution in [0.5, 0.6) is 0 Å². The Balaban J connectivity index is 1.74. The number of rotatable bonds is 6. The summed E-state index contributed by atoms with van der Waals surface area (Å²) in [6, 6.07) is 9.82. The normalized spacial score (nSPS) is 10.6. The summed E-state index contributed by atoms with van der Waals surface area (Å²) in [6.45, 7) is 4.82. The Morgan fingerprint density at radius 3 is 2.70 bits per heavy atom. The van der Waals surface area contributed by atoms with Crippen molar-refractivity contribution in [1.29, 1.82) is 0 Å². The first kappa shape index (κ1) is 14.5. The van der Waals surface area contributed by atoms with Gasteiger partial charge < -0.3 is 10.6 Å². The molecule has 1 aromatic heterocycles. The van der Waals surface area contributed by atoms with Crippen LogP contribution in [0.4, 0.5) is 5.13 Å². The van der Waals surface area contributed by atoms with Gasteiger partial charge in [-0.15, -0.1) is 0 Å². The van der Waals surface area contributed by atoms with E-state index < -0.39 is 0 Å². The van der Waals surface area contributed by atoms with E-state index >= 15 is 0 Å². The second-order valence-corrected chi connectivity index (χ2v) is 5.48. The molecule has 2 aromatic rings. The Bertz CT molecular complexity index is 553. The first-order valence-corrected chi connectivity index (χ1v) is 7.30. The highest BCUT2D eigenvalue weighted by Gasteiger charge is 2.08. The fourth-order valence-corrected chi connectivity index (χ4v) is 2.26. The SMILES string of the molecule is CC(C)c1nsc(NCC(=O)NCc2ccccc2)n1. The molecule has 0 aliphatic carbocycles. The van der Waals surface area contributed by atoms with Crippen molar-refractivity contribution in [2.45, 2.75) is 26.3 Å². The standard InChI is InChI=1S/C14H18N4OS/c1-10(2)13-17-14(20-18-13)16-9-12(19)15-8-11-6-4-3-5-7-11/h3-7,10H,8-9H2,1-2H3,(H,15,19)(H,16,17,18). The number of aromatic nitrogens is 2. The predicted octanol–water partition coefficient (Wildman–Crippen LogP) is 2.39. The molecule has 1 amide bonds. The van der Waals surface area contributed by atoms with E-state index in [2.05, 4.69) is 20.0 Å². The Morgan fingerprint density at radius 1 is 1.30 bits per heavy atom. The highest BCUT2D eigenvalue weighted by Crippen LogP contribution is 2.16. The van der Waals surface area contributed by atoms with Crippen molar-refractivity contribution in [3.8, 4) is 0 Å². The summed E-state index contributed by atoms with van der Waals surface area (Å²) in [5, 5.41) is 6.53. The molecule has 0 unspecified atom stereocenters. The number of nitrogens with zero attached hydrogens (tertiary/aromatic N) is 2. The zero-order valence-corrected chi connectivity index (χ0v) is 12.4. The van der Waals surface area contributed by atoms with Crippen molar-refractivity contribution in [2.75, 3.05) is 11.9 Å². The van der Waals surface area contributed by atoms with Gasteiger partial charge in [0.2, 0.25) is 11.0 Å². The number of hydrogen-bond donors (Lipinski definition) is 2. The first-order chi connectivity index (χ1) is 9.65. The molecule has 20 heavy (non-hydrogen) atoms. The van der Waals surface area contributed by atoms with Crippen LogP contribution >= 0.6 is 11.5 Å². The zero-order chi connectivity index (χ0) is 14.4. The summed E-state index contributed by atoms with van der Waals surface area (Å²) < 4.78 is 4.22. The van der Waals surface area contributed by atoms with Gasteiger partial charge >= 0.3 is 0 Å². The van der Waals surface area contributed by atoms with Crippen molar-refractivity contribution >= 4 is 22.6 Å². The van der Waals surface area contributed by atoms with E-state index in [-0.39, 0.29) is 12.5 Å². The molecule has 0 fully saturated rings. The Morgan fingerprint density at radius 2 is 2.05 bits per heavy atom. The van der Waals surface area contributed by atoms with Gasteiger partial charge in [0.05, 0.1) is 6.54 Å². The lowest BCUT2D eigenvalue weighted by Crippen LogP contribution is -2.29. The summed E-state index contributed by atoms with van der Waals surface area (Å²) in [5.74, 6) is 1.05. The van der Waals surface area contributed by atoms with Crippen LogP contribution in [0, 0.1) is 0 Å². The monoisotopic (exact) mass is 290 g/mol. The van der Waals surface area contributed by atoms with Crippen LogP contribution in [0.25, 0.3) is 0 Å². The summed E-state index contributed by atoms with van der Waals surface area (Å²) >= 11 is 1.28. The Kier molecular flexibility index (Phi) is 5.06. The third-order valence-electron chi connectivity index (χ3n) is 2.69. The summed E-state index contributed by atoms with van der Waals surface area (Å²) in [5.41, 5.74) is 1.08. The van der Waals surface area contributed by atoms with Crippen molar-refractivity contribution in [2.24, 2.45) is 0 Å². The molecule has 1 aromatic carbocycles. The maximum absolute atomic E-state index is 11.7. The highest BCUT2D eigenvalue weighted by atomic mass is 32.1. The smallest absolute Gasteiger partial charge is 0.239 e. The van der Waals surface area contributed by atoms with E-state index in [1.165, 1.54) is 11.5 Å². The Labute approximate surface area is 122 Å². The van der Waals surface area contributed by atoms with Gasteiger partial charge in [-0.25, -0.2) is 4.98 Å². The molecule has 0 aliphatic rings. The number of carbonyl (C=O) groups is 1. The maximum Gasteiger partial charge on any atom is 0.239 e. The van der Waals surface area contributed by atoms with E-state index in [4.69, 9.17) is 0 Å². The summed E-state index contributed by atoms with van der Waals surface area (Å²) in [4.78, 5) is 16.0. The molecule has 6 heteroatoms. The molecule has 0 aliphatic heterocycles. The molecule has 0 atom stereocenters. The van der Waals surface area contributed by atoms with Crippen LogP contribution in [0.3, 0.4) is 0 Å². The minimum Gasteiger partial charge on any atom is -0.351 e. The zero-order valence-electron chi connectivity index (χ0n) is 11.6. The Hall–Kier alpha value is -1.95. The third-order valence-corrected chi connectivity index (χ3v) is 3.38. The van der Waals surface area contributed by atoms with Gasteiger partial charge in [0.25, 0.3) is 0 Å². The number of hydrogen-bond acceptors (Lipinski definition) is 5. The topological polar surface area (TPSA) is 66.9 Å². The molecule has 1 heterocycles. The molecule has 2 N–H and O–H groups in total. The predicted molar refractivity (Wildman–Crippen MR) is 80.8 cm³/mol. The van der Waals surface area contributed by atoms with Gasteiger partial charge in [-0.2, -0.15) is 4.37 Å². The fourth-order valence-electron chi connectivity index (χ4n) is 1.56. The molecular weight excluding hydrogens is 272 g/mol.